The van der Waals surface area contributed by atoms with Crippen molar-refractivity contribution in [3.05, 3.63) is 59.2 Å². The molecule has 3 nitrogen and oxygen atoms in total. The van der Waals surface area contributed by atoms with E-state index in [9.17, 15) is 8.78 Å². The number of halogens is 2. The zero-order valence-electron chi connectivity index (χ0n) is 14.5. The molecule has 4 rings (SSSR count). The maximum absolute atomic E-state index is 14.0. The summed E-state index contributed by atoms with van der Waals surface area (Å²) in [6.45, 7) is 4.33. The average molecular weight is 376 g/mol. The van der Waals surface area contributed by atoms with Crippen LogP contribution in [0, 0.1) is 11.6 Å². The molecule has 0 aliphatic carbocycles. The first-order valence-electron chi connectivity index (χ1n) is 8.97. The van der Waals surface area contributed by atoms with Gasteiger partial charge in [0, 0.05) is 48.6 Å². The minimum Gasteiger partial charge on any atom is -0.395 e. The second-order valence-corrected chi connectivity index (χ2v) is 7.92. The summed E-state index contributed by atoms with van der Waals surface area (Å²) in [5, 5.41) is 9.13. The average Bonchev–Trinajstić information content (AvgIpc) is 2.80. The number of aliphatic hydroxyl groups excluding tert-OH is 1. The minimum absolute atomic E-state index is 0.0347. The Labute approximate surface area is 156 Å². The van der Waals surface area contributed by atoms with Crippen molar-refractivity contribution in [2.75, 3.05) is 39.3 Å². The van der Waals surface area contributed by atoms with E-state index in [1.165, 1.54) is 29.5 Å². The molecule has 2 aliphatic rings. The maximum atomic E-state index is 14.0. The lowest BCUT2D eigenvalue weighted by Gasteiger charge is -2.39. The van der Waals surface area contributed by atoms with Gasteiger partial charge >= 0.3 is 0 Å². The standard InChI is InChI=1S/C20H22F2N2OS/c21-16-12-15-18(24-7-5-23(6-8-24)9-10-25)11-14-3-1-2-4-19(14)26-20(15)13-17(16)22/h1-4,12-13,18,25H,5-11H2. The van der Waals surface area contributed by atoms with Gasteiger partial charge in [0.15, 0.2) is 11.6 Å². The molecule has 0 bridgehead atoms. The van der Waals surface area contributed by atoms with Gasteiger partial charge in [0.2, 0.25) is 0 Å². The van der Waals surface area contributed by atoms with Crippen molar-refractivity contribution in [3.63, 3.8) is 0 Å². The molecule has 2 aromatic rings. The predicted molar refractivity (Wildman–Crippen MR) is 98.5 cm³/mol. The molecule has 1 atom stereocenters. The maximum Gasteiger partial charge on any atom is 0.159 e. The number of β-amino-alcohol motifs (C(OH)–C–C–N with tert-alkyl or cyclic N) is 1. The third-order valence-electron chi connectivity index (χ3n) is 5.28. The summed E-state index contributed by atoms with van der Waals surface area (Å²) in [6, 6.07) is 10.9. The Morgan fingerprint density at radius 1 is 1.00 bits per heavy atom. The van der Waals surface area contributed by atoms with Crippen LogP contribution in [-0.4, -0.2) is 54.2 Å². The molecule has 6 heteroatoms. The van der Waals surface area contributed by atoms with E-state index in [-0.39, 0.29) is 12.6 Å². The van der Waals surface area contributed by atoms with Gasteiger partial charge in [-0.3, -0.25) is 9.80 Å². The molecule has 0 radical (unpaired) electrons. The minimum atomic E-state index is -0.790. The number of rotatable bonds is 3. The quantitative estimate of drug-likeness (QED) is 0.889. The highest BCUT2D eigenvalue weighted by atomic mass is 32.2. The van der Waals surface area contributed by atoms with Gasteiger partial charge in [0.25, 0.3) is 0 Å². The molecule has 0 spiro atoms. The van der Waals surface area contributed by atoms with Crippen LogP contribution in [0.1, 0.15) is 17.2 Å². The van der Waals surface area contributed by atoms with E-state index in [2.05, 4.69) is 15.9 Å². The van der Waals surface area contributed by atoms with Gasteiger partial charge in [-0.2, -0.15) is 0 Å². The SMILES string of the molecule is OCCN1CCN(C2Cc3ccccc3Sc3cc(F)c(F)cc32)CC1. The highest BCUT2D eigenvalue weighted by molar-refractivity contribution is 7.99. The Morgan fingerprint density at radius 3 is 2.50 bits per heavy atom. The molecular formula is C20H22F2N2OS. The summed E-state index contributed by atoms with van der Waals surface area (Å²) in [6.07, 6.45) is 0.793. The lowest BCUT2D eigenvalue weighted by atomic mass is 9.96. The number of fused-ring (bicyclic) bond motifs is 2. The lowest BCUT2D eigenvalue weighted by molar-refractivity contribution is 0.0822. The molecule has 1 unspecified atom stereocenters. The van der Waals surface area contributed by atoms with Crippen molar-refractivity contribution in [2.45, 2.75) is 22.3 Å². The van der Waals surface area contributed by atoms with Gasteiger partial charge in [0.1, 0.15) is 0 Å². The van der Waals surface area contributed by atoms with Gasteiger partial charge in [-0.05, 0) is 35.7 Å². The highest BCUT2D eigenvalue weighted by Crippen LogP contribution is 2.43. The van der Waals surface area contributed by atoms with E-state index >= 15 is 0 Å². The molecule has 1 saturated heterocycles. The lowest BCUT2D eigenvalue weighted by Crippen LogP contribution is -2.48. The van der Waals surface area contributed by atoms with Crippen LogP contribution in [0.2, 0.25) is 0 Å². The Kier molecular flexibility index (Phi) is 5.27. The van der Waals surface area contributed by atoms with Gasteiger partial charge in [-0.1, -0.05) is 30.0 Å². The first kappa shape index (κ1) is 17.9. The van der Waals surface area contributed by atoms with Gasteiger partial charge < -0.3 is 5.11 Å². The van der Waals surface area contributed by atoms with Crippen LogP contribution >= 0.6 is 11.8 Å². The summed E-state index contributed by atoms with van der Waals surface area (Å²) in [4.78, 5) is 6.52. The first-order valence-corrected chi connectivity index (χ1v) is 9.79. The molecule has 2 aromatic carbocycles. The van der Waals surface area contributed by atoms with Crippen LogP contribution in [0.25, 0.3) is 0 Å². The number of aliphatic hydroxyl groups is 1. The monoisotopic (exact) mass is 376 g/mol. The van der Waals surface area contributed by atoms with Crippen LogP contribution < -0.4 is 0 Å². The number of piperazine rings is 1. The van der Waals surface area contributed by atoms with Crippen molar-refractivity contribution >= 4 is 11.8 Å². The van der Waals surface area contributed by atoms with E-state index in [4.69, 9.17) is 5.11 Å². The Balaban J connectivity index is 1.68. The smallest absolute Gasteiger partial charge is 0.159 e. The predicted octanol–water partition coefficient (Wildman–Crippen LogP) is 3.32. The Bertz CT molecular complexity index is 793. The molecule has 0 saturated carbocycles. The zero-order valence-corrected chi connectivity index (χ0v) is 15.3. The molecular weight excluding hydrogens is 354 g/mol. The van der Waals surface area contributed by atoms with E-state index in [0.29, 0.717) is 6.54 Å². The molecule has 138 valence electrons. The molecule has 0 amide bonds. The van der Waals surface area contributed by atoms with Crippen LogP contribution in [0.4, 0.5) is 8.78 Å². The molecule has 1 fully saturated rings. The van der Waals surface area contributed by atoms with Crippen molar-refractivity contribution in [2.24, 2.45) is 0 Å². The van der Waals surface area contributed by atoms with Crippen LogP contribution in [0.5, 0.6) is 0 Å². The van der Waals surface area contributed by atoms with E-state index < -0.39 is 11.6 Å². The Hall–Kier alpha value is -1.47. The summed E-state index contributed by atoms with van der Waals surface area (Å²) >= 11 is 1.53. The Morgan fingerprint density at radius 2 is 1.73 bits per heavy atom. The molecule has 1 N–H and O–H groups in total. The molecule has 26 heavy (non-hydrogen) atoms. The fourth-order valence-electron chi connectivity index (χ4n) is 3.87. The van der Waals surface area contributed by atoms with Crippen LogP contribution in [0.15, 0.2) is 46.2 Å². The number of nitrogens with zero attached hydrogens (tertiary/aromatic N) is 2. The fraction of sp³-hybridized carbons (Fsp3) is 0.400. The van der Waals surface area contributed by atoms with Crippen molar-refractivity contribution in [3.8, 4) is 0 Å². The number of hydrogen-bond donors (Lipinski definition) is 1. The summed E-state index contributed by atoms with van der Waals surface area (Å²) in [7, 11) is 0. The van der Waals surface area contributed by atoms with Crippen molar-refractivity contribution < 1.29 is 13.9 Å². The van der Waals surface area contributed by atoms with Gasteiger partial charge in [-0.15, -0.1) is 0 Å². The molecule has 2 heterocycles. The summed E-state index contributed by atoms with van der Waals surface area (Å²) in [5.74, 6) is -1.57. The number of hydrogen-bond acceptors (Lipinski definition) is 4. The van der Waals surface area contributed by atoms with Crippen molar-refractivity contribution in [1.29, 1.82) is 0 Å². The van der Waals surface area contributed by atoms with E-state index in [0.717, 1.165) is 48.0 Å². The topological polar surface area (TPSA) is 26.7 Å². The summed E-state index contributed by atoms with van der Waals surface area (Å²) < 4.78 is 27.9. The van der Waals surface area contributed by atoms with Crippen LogP contribution in [0.3, 0.4) is 0 Å². The van der Waals surface area contributed by atoms with Crippen molar-refractivity contribution in [1.82, 2.24) is 9.80 Å². The fourth-order valence-corrected chi connectivity index (χ4v) is 5.01. The normalized spacial score (nSPS) is 21.1. The molecule has 2 aliphatic heterocycles. The van der Waals surface area contributed by atoms with Gasteiger partial charge in [-0.25, -0.2) is 8.78 Å². The zero-order chi connectivity index (χ0) is 18.1. The third-order valence-corrected chi connectivity index (χ3v) is 6.47. The first-order chi connectivity index (χ1) is 12.7. The second-order valence-electron chi connectivity index (χ2n) is 6.84. The molecule has 0 aromatic heterocycles. The van der Waals surface area contributed by atoms with E-state index in [1.807, 2.05) is 18.2 Å². The second kappa shape index (κ2) is 7.64. The van der Waals surface area contributed by atoms with E-state index in [1.54, 1.807) is 0 Å². The summed E-state index contributed by atoms with van der Waals surface area (Å²) in [5.41, 5.74) is 2.10. The van der Waals surface area contributed by atoms with Gasteiger partial charge in [0.05, 0.1) is 6.61 Å². The largest absolute Gasteiger partial charge is 0.395 e. The highest BCUT2D eigenvalue weighted by Gasteiger charge is 2.30. The van der Waals surface area contributed by atoms with Crippen LogP contribution in [-0.2, 0) is 6.42 Å². The third kappa shape index (κ3) is 3.51. The number of benzene rings is 2.